The molecule has 0 unspecified atom stereocenters. The zero-order valence-electron chi connectivity index (χ0n) is 14.6. The number of nitrogens with one attached hydrogen (secondary N) is 2. The molecule has 1 fully saturated rings. The third-order valence-electron chi connectivity index (χ3n) is 4.38. The van der Waals surface area contributed by atoms with Gasteiger partial charge in [0, 0.05) is 30.9 Å². The van der Waals surface area contributed by atoms with E-state index in [2.05, 4.69) is 15.6 Å². The van der Waals surface area contributed by atoms with Crippen molar-refractivity contribution < 1.29 is 27.9 Å². The van der Waals surface area contributed by atoms with Crippen molar-refractivity contribution in [3.8, 4) is 0 Å². The fraction of sp³-hybridized carbons (Fsp3) is 0.278. The molecule has 148 valence electrons. The number of carbonyl (C=O) groups excluding carboxylic acids is 1. The maximum absolute atomic E-state index is 13.6. The summed E-state index contributed by atoms with van der Waals surface area (Å²) in [6.45, 7) is 0.559. The van der Waals surface area contributed by atoms with E-state index in [9.17, 15) is 22.8 Å². The zero-order valence-corrected chi connectivity index (χ0v) is 14.6. The number of pyridine rings is 1. The molecule has 1 aromatic carbocycles. The molecule has 10 heteroatoms. The summed E-state index contributed by atoms with van der Waals surface area (Å²) < 4.78 is 40.1. The number of piperidine rings is 1. The van der Waals surface area contributed by atoms with Gasteiger partial charge < -0.3 is 20.6 Å². The molecule has 2 aromatic rings. The molecular formula is C18H17F3N4O3. The Hall–Kier alpha value is -3.30. The predicted octanol–water partition coefficient (Wildman–Crippen LogP) is 3.11. The molecule has 0 saturated carbocycles. The summed E-state index contributed by atoms with van der Waals surface area (Å²) >= 11 is 0. The number of amides is 2. The predicted molar refractivity (Wildman–Crippen MR) is 93.9 cm³/mol. The summed E-state index contributed by atoms with van der Waals surface area (Å²) in [6, 6.07) is 3.77. The maximum atomic E-state index is 13.6. The monoisotopic (exact) mass is 394 g/mol. The summed E-state index contributed by atoms with van der Waals surface area (Å²) in [5.41, 5.74) is 0.0345. The molecule has 2 heterocycles. The van der Waals surface area contributed by atoms with Crippen LogP contribution in [0.25, 0.3) is 0 Å². The summed E-state index contributed by atoms with van der Waals surface area (Å²) in [5, 5.41) is 14.4. The van der Waals surface area contributed by atoms with Crippen LogP contribution in [0.2, 0.25) is 0 Å². The standard InChI is InChI=1S/C18H17F3N4O3/c19-10-7-13(17(26)24-11-3-5-25(6-4-11)18(27)28)16(22-9-10)23-12-1-2-14(20)15(21)8-12/h1-2,7-9,11H,3-6H2,(H,22,23)(H,24,26)(H,27,28). The molecule has 0 radical (unpaired) electrons. The normalized spacial score (nSPS) is 14.6. The van der Waals surface area contributed by atoms with Crippen LogP contribution in [0, 0.1) is 17.5 Å². The number of nitrogens with zero attached hydrogens (tertiary/aromatic N) is 2. The van der Waals surface area contributed by atoms with Crippen molar-refractivity contribution in [1.29, 1.82) is 0 Å². The Balaban J connectivity index is 1.74. The van der Waals surface area contributed by atoms with E-state index in [0.29, 0.717) is 12.8 Å². The maximum Gasteiger partial charge on any atom is 0.407 e. The van der Waals surface area contributed by atoms with Crippen molar-refractivity contribution >= 4 is 23.5 Å². The molecule has 0 spiro atoms. The van der Waals surface area contributed by atoms with Gasteiger partial charge in [0.1, 0.15) is 11.6 Å². The van der Waals surface area contributed by atoms with Gasteiger partial charge in [0.2, 0.25) is 0 Å². The molecule has 0 aliphatic carbocycles. The molecule has 0 bridgehead atoms. The lowest BCUT2D eigenvalue weighted by atomic mass is 10.0. The van der Waals surface area contributed by atoms with Crippen LogP contribution in [-0.4, -0.2) is 46.1 Å². The number of rotatable bonds is 4. The Bertz CT molecular complexity index is 902. The van der Waals surface area contributed by atoms with E-state index >= 15 is 0 Å². The van der Waals surface area contributed by atoms with Crippen molar-refractivity contribution in [3.05, 3.63) is 53.5 Å². The largest absolute Gasteiger partial charge is 0.465 e. The molecule has 28 heavy (non-hydrogen) atoms. The Morgan fingerprint density at radius 1 is 1.11 bits per heavy atom. The summed E-state index contributed by atoms with van der Waals surface area (Å²) in [6.07, 6.45) is 0.723. The first-order chi connectivity index (χ1) is 13.3. The van der Waals surface area contributed by atoms with Gasteiger partial charge in [-0.05, 0) is 31.0 Å². The minimum atomic E-state index is -1.08. The lowest BCUT2D eigenvalue weighted by Crippen LogP contribution is -2.46. The fourth-order valence-electron chi connectivity index (χ4n) is 2.90. The Morgan fingerprint density at radius 3 is 2.46 bits per heavy atom. The second-order valence-electron chi connectivity index (χ2n) is 6.32. The third kappa shape index (κ3) is 4.51. The molecule has 0 atom stereocenters. The molecule has 3 N–H and O–H groups in total. The van der Waals surface area contributed by atoms with Gasteiger partial charge in [-0.15, -0.1) is 0 Å². The summed E-state index contributed by atoms with van der Waals surface area (Å²) in [5.74, 6) is -3.47. The van der Waals surface area contributed by atoms with E-state index in [4.69, 9.17) is 5.11 Å². The van der Waals surface area contributed by atoms with E-state index in [-0.39, 0.29) is 36.2 Å². The van der Waals surface area contributed by atoms with E-state index < -0.39 is 29.5 Å². The lowest BCUT2D eigenvalue weighted by Gasteiger charge is -2.30. The number of hydrogen-bond donors (Lipinski definition) is 3. The lowest BCUT2D eigenvalue weighted by molar-refractivity contribution is 0.0907. The van der Waals surface area contributed by atoms with Crippen LogP contribution in [0.4, 0.5) is 29.5 Å². The van der Waals surface area contributed by atoms with Gasteiger partial charge >= 0.3 is 6.09 Å². The van der Waals surface area contributed by atoms with Gasteiger partial charge in [0.25, 0.3) is 5.91 Å². The second kappa shape index (κ2) is 8.15. The number of carboxylic acid groups (broad SMARTS) is 1. The number of likely N-dealkylation sites (tertiary alicyclic amines) is 1. The Morgan fingerprint density at radius 2 is 1.82 bits per heavy atom. The minimum absolute atomic E-state index is 0.0205. The highest BCUT2D eigenvalue weighted by Gasteiger charge is 2.25. The molecule has 1 saturated heterocycles. The van der Waals surface area contributed by atoms with Gasteiger partial charge in [0.05, 0.1) is 11.8 Å². The van der Waals surface area contributed by atoms with Crippen molar-refractivity contribution in [1.82, 2.24) is 15.2 Å². The number of benzene rings is 1. The first-order valence-electron chi connectivity index (χ1n) is 8.50. The highest BCUT2D eigenvalue weighted by Crippen LogP contribution is 2.22. The number of hydrogen-bond acceptors (Lipinski definition) is 4. The SMILES string of the molecule is O=C(NC1CCN(C(=O)O)CC1)c1cc(F)cnc1Nc1ccc(F)c(F)c1. The first-order valence-corrected chi connectivity index (χ1v) is 8.50. The van der Waals surface area contributed by atoms with E-state index in [1.165, 1.54) is 11.0 Å². The number of halogens is 3. The first kappa shape index (κ1) is 19.5. The van der Waals surface area contributed by atoms with Crippen LogP contribution in [-0.2, 0) is 0 Å². The number of anilines is 2. The second-order valence-corrected chi connectivity index (χ2v) is 6.32. The van der Waals surface area contributed by atoms with E-state index in [0.717, 1.165) is 24.4 Å². The molecular weight excluding hydrogens is 377 g/mol. The van der Waals surface area contributed by atoms with Gasteiger partial charge in [0.15, 0.2) is 11.6 Å². The molecule has 1 aliphatic heterocycles. The highest BCUT2D eigenvalue weighted by molar-refractivity contribution is 5.99. The molecule has 1 aromatic heterocycles. The smallest absolute Gasteiger partial charge is 0.407 e. The zero-order chi connectivity index (χ0) is 20.3. The highest BCUT2D eigenvalue weighted by atomic mass is 19.2. The van der Waals surface area contributed by atoms with Crippen molar-refractivity contribution in [2.45, 2.75) is 18.9 Å². The molecule has 1 aliphatic rings. The number of aromatic nitrogens is 1. The third-order valence-corrected chi connectivity index (χ3v) is 4.38. The van der Waals surface area contributed by atoms with Crippen LogP contribution < -0.4 is 10.6 Å². The van der Waals surface area contributed by atoms with Gasteiger partial charge in [-0.3, -0.25) is 4.79 Å². The number of carbonyl (C=O) groups is 2. The average Bonchev–Trinajstić information content (AvgIpc) is 2.66. The van der Waals surface area contributed by atoms with E-state index in [1.54, 1.807) is 0 Å². The minimum Gasteiger partial charge on any atom is -0.465 e. The van der Waals surface area contributed by atoms with Crippen molar-refractivity contribution in [2.75, 3.05) is 18.4 Å². The van der Waals surface area contributed by atoms with Crippen molar-refractivity contribution in [2.24, 2.45) is 0 Å². The average molecular weight is 394 g/mol. The van der Waals surface area contributed by atoms with Gasteiger partial charge in [-0.25, -0.2) is 22.9 Å². The van der Waals surface area contributed by atoms with Crippen LogP contribution in [0.15, 0.2) is 30.5 Å². The molecule has 2 amide bonds. The van der Waals surface area contributed by atoms with Crippen LogP contribution in [0.5, 0.6) is 0 Å². The van der Waals surface area contributed by atoms with Crippen LogP contribution >= 0.6 is 0 Å². The topological polar surface area (TPSA) is 94.6 Å². The Labute approximate surface area is 158 Å². The van der Waals surface area contributed by atoms with Gasteiger partial charge in [-0.2, -0.15) is 0 Å². The van der Waals surface area contributed by atoms with Crippen molar-refractivity contribution in [3.63, 3.8) is 0 Å². The van der Waals surface area contributed by atoms with E-state index in [1.807, 2.05) is 0 Å². The quantitative estimate of drug-likeness (QED) is 0.741. The van der Waals surface area contributed by atoms with Gasteiger partial charge in [-0.1, -0.05) is 0 Å². The fourth-order valence-corrected chi connectivity index (χ4v) is 2.90. The summed E-state index contributed by atoms with van der Waals surface area (Å²) in [4.78, 5) is 28.6. The van der Waals surface area contributed by atoms with Crippen LogP contribution in [0.1, 0.15) is 23.2 Å². The molecule has 3 rings (SSSR count). The Kier molecular flexibility index (Phi) is 5.67. The molecule has 7 nitrogen and oxygen atoms in total. The summed E-state index contributed by atoms with van der Waals surface area (Å²) in [7, 11) is 0. The van der Waals surface area contributed by atoms with Crippen LogP contribution in [0.3, 0.4) is 0 Å².